The first-order valence-corrected chi connectivity index (χ1v) is 7.29. The number of aliphatic hydroxyl groups is 2. The van der Waals surface area contributed by atoms with E-state index in [0.717, 1.165) is 6.42 Å². The van der Waals surface area contributed by atoms with Crippen LogP contribution in [-0.4, -0.2) is 55.9 Å². The van der Waals surface area contributed by atoms with Crippen molar-refractivity contribution in [3.05, 3.63) is 0 Å². The van der Waals surface area contributed by atoms with Crippen molar-refractivity contribution in [2.24, 2.45) is 5.41 Å². The maximum absolute atomic E-state index is 11.5. The van der Waals surface area contributed by atoms with E-state index in [9.17, 15) is 8.42 Å². The highest BCUT2D eigenvalue weighted by atomic mass is 32.2. The Hall–Kier alpha value is -0.170. The van der Waals surface area contributed by atoms with E-state index in [1.165, 1.54) is 0 Å². The van der Waals surface area contributed by atoms with Gasteiger partial charge in [0.05, 0.1) is 24.2 Å². The third kappa shape index (κ3) is 3.41. The molecule has 5 nitrogen and oxygen atoms in total. The average Bonchev–Trinajstić information content (AvgIpc) is 2.58. The summed E-state index contributed by atoms with van der Waals surface area (Å²) in [5.74, 6) is 0.288. The first kappa shape index (κ1) is 13.9. The molecule has 96 valence electrons. The molecule has 0 spiro atoms. The summed E-state index contributed by atoms with van der Waals surface area (Å²) >= 11 is 0. The Morgan fingerprint density at radius 3 is 2.44 bits per heavy atom. The third-order valence-electron chi connectivity index (χ3n) is 3.15. The standard InChI is InChI=1S/C10H21NO4S/c1-10(7-12,8-13)6-11-5-9-3-2-4-16(9,14)15/h9,11-13H,2-8H2,1H3. The van der Waals surface area contributed by atoms with Crippen LogP contribution in [0.4, 0.5) is 0 Å². The van der Waals surface area contributed by atoms with Gasteiger partial charge in [-0.25, -0.2) is 8.42 Å². The molecule has 0 saturated carbocycles. The Labute approximate surface area is 96.8 Å². The van der Waals surface area contributed by atoms with Gasteiger partial charge < -0.3 is 15.5 Å². The van der Waals surface area contributed by atoms with Crippen molar-refractivity contribution in [3.8, 4) is 0 Å². The Morgan fingerprint density at radius 2 is 2.00 bits per heavy atom. The topological polar surface area (TPSA) is 86.6 Å². The summed E-state index contributed by atoms with van der Waals surface area (Å²) in [6.45, 7) is 2.36. The van der Waals surface area contributed by atoms with Crippen LogP contribution in [-0.2, 0) is 9.84 Å². The average molecular weight is 251 g/mol. The molecule has 0 aromatic rings. The second-order valence-corrected chi connectivity index (χ2v) is 7.29. The first-order chi connectivity index (χ1) is 7.43. The van der Waals surface area contributed by atoms with E-state index in [2.05, 4.69) is 5.32 Å². The van der Waals surface area contributed by atoms with Gasteiger partial charge in [0.1, 0.15) is 0 Å². The van der Waals surface area contributed by atoms with Crippen LogP contribution in [0.2, 0.25) is 0 Å². The van der Waals surface area contributed by atoms with E-state index in [4.69, 9.17) is 10.2 Å². The van der Waals surface area contributed by atoms with Crippen LogP contribution in [0.15, 0.2) is 0 Å². The molecular formula is C10H21NO4S. The predicted octanol–water partition coefficient (Wildman–Crippen LogP) is -0.856. The molecule has 1 aliphatic heterocycles. The fraction of sp³-hybridized carbons (Fsp3) is 1.00. The Balaban J connectivity index is 2.36. The maximum atomic E-state index is 11.5. The fourth-order valence-electron chi connectivity index (χ4n) is 1.78. The molecule has 1 heterocycles. The third-order valence-corrected chi connectivity index (χ3v) is 5.43. The number of nitrogens with one attached hydrogen (secondary N) is 1. The number of hydrogen-bond donors (Lipinski definition) is 3. The monoisotopic (exact) mass is 251 g/mol. The summed E-state index contributed by atoms with van der Waals surface area (Å²) in [6.07, 6.45) is 1.45. The molecule has 1 saturated heterocycles. The van der Waals surface area contributed by atoms with Crippen LogP contribution >= 0.6 is 0 Å². The van der Waals surface area contributed by atoms with Crippen LogP contribution in [0.25, 0.3) is 0 Å². The van der Waals surface area contributed by atoms with Crippen molar-refractivity contribution >= 4 is 9.84 Å². The van der Waals surface area contributed by atoms with E-state index < -0.39 is 15.3 Å². The normalized spacial score (nSPS) is 24.8. The lowest BCUT2D eigenvalue weighted by atomic mass is 9.93. The summed E-state index contributed by atoms with van der Waals surface area (Å²) < 4.78 is 23.0. The molecule has 0 amide bonds. The number of rotatable bonds is 6. The van der Waals surface area contributed by atoms with E-state index in [1.807, 2.05) is 0 Å². The Bertz CT molecular complexity index is 311. The van der Waals surface area contributed by atoms with Gasteiger partial charge >= 0.3 is 0 Å². The second-order valence-electron chi connectivity index (χ2n) is 4.89. The number of hydrogen-bond acceptors (Lipinski definition) is 5. The highest BCUT2D eigenvalue weighted by Crippen LogP contribution is 2.19. The van der Waals surface area contributed by atoms with Crippen LogP contribution < -0.4 is 5.32 Å². The Kier molecular flexibility index (Phi) is 4.73. The minimum Gasteiger partial charge on any atom is -0.396 e. The molecule has 3 N–H and O–H groups in total. The number of sulfone groups is 1. The molecular weight excluding hydrogens is 230 g/mol. The van der Waals surface area contributed by atoms with Gasteiger partial charge in [-0.2, -0.15) is 0 Å². The minimum absolute atomic E-state index is 0.117. The van der Waals surface area contributed by atoms with Crippen molar-refractivity contribution in [2.45, 2.75) is 25.0 Å². The quantitative estimate of drug-likeness (QED) is 0.572. The Morgan fingerprint density at radius 1 is 1.38 bits per heavy atom. The van der Waals surface area contributed by atoms with Crippen molar-refractivity contribution in [1.82, 2.24) is 5.32 Å². The maximum Gasteiger partial charge on any atom is 0.154 e. The SMILES string of the molecule is CC(CO)(CO)CNCC1CCCS1(=O)=O. The van der Waals surface area contributed by atoms with Crippen molar-refractivity contribution in [3.63, 3.8) is 0 Å². The summed E-state index contributed by atoms with van der Waals surface area (Å²) in [6, 6.07) is 0. The first-order valence-electron chi connectivity index (χ1n) is 5.57. The van der Waals surface area contributed by atoms with Crippen molar-refractivity contribution in [1.29, 1.82) is 0 Å². The summed E-state index contributed by atoms with van der Waals surface area (Å²) in [4.78, 5) is 0. The summed E-state index contributed by atoms with van der Waals surface area (Å²) in [5.41, 5.74) is -0.581. The smallest absolute Gasteiger partial charge is 0.154 e. The molecule has 1 atom stereocenters. The lowest BCUT2D eigenvalue weighted by Gasteiger charge is -2.25. The zero-order valence-corrected chi connectivity index (χ0v) is 10.5. The van der Waals surface area contributed by atoms with Gasteiger partial charge in [-0.15, -0.1) is 0 Å². The van der Waals surface area contributed by atoms with E-state index in [-0.39, 0.29) is 24.2 Å². The second kappa shape index (κ2) is 5.44. The van der Waals surface area contributed by atoms with Gasteiger partial charge in [0, 0.05) is 18.5 Å². The molecule has 1 aliphatic rings. The van der Waals surface area contributed by atoms with E-state index >= 15 is 0 Å². The summed E-state index contributed by atoms with van der Waals surface area (Å²) in [5, 5.41) is 20.9. The molecule has 1 unspecified atom stereocenters. The van der Waals surface area contributed by atoms with Gasteiger partial charge in [0.25, 0.3) is 0 Å². The van der Waals surface area contributed by atoms with Crippen molar-refractivity contribution < 1.29 is 18.6 Å². The molecule has 0 aliphatic carbocycles. The fourth-order valence-corrected chi connectivity index (χ4v) is 3.58. The lowest BCUT2D eigenvalue weighted by molar-refractivity contribution is 0.0699. The summed E-state index contributed by atoms with van der Waals surface area (Å²) in [7, 11) is -2.91. The van der Waals surface area contributed by atoms with Gasteiger partial charge in [-0.1, -0.05) is 6.92 Å². The molecule has 0 aromatic carbocycles. The lowest BCUT2D eigenvalue weighted by Crippen LogP contribution is -2.41. The highest BCUT2D eigenvalue weighted by molar-refractivity contribution is 7.92. The zero-order valence-electron chi connectivity index (χ0n) is 9.65. The number of aliphatic hydroxyl groups excluding tert-OH is 2. The van der Waals surface area contributed by atoms with Gasteiger partial charge in [0.15, 0.2) is 9.84 Å². The van der Waals surface area contributed by atoms with Gasteiger partial charge in [0.2, 0.25) is 0 Å². The zero-order chi connectivity index (χ0) is 12.2. The predicted molar refractivity (Wildman–Crippen MR) is 62.0 cm³/mol. The van der Waals surface area contributed by atoms with Crippen LogP contribution in [0.1, 0.15) is 19.8 Å². The van der Waals surface area contributed by atoms with Crippen LogP contribution in [0, 0.1) is 5.41 Å². The molecule has 1 fully saturated rings. The van der Waals surface area contributed by atoms with E-state index in [1.54, 1.807) is 6.92 Å². The van der Waals surface area contributed by atoms with Gasteiger partial charge in [-0.3, -0.25) is 0 Å². The molecule has 16 heavy (non-hydrogen) atoms. The van der Waals surface area contributed by atoms with E-state index in [0.29, 0.717) is 19.5 Å². The molecule has 0 aromatic heterocycles. The minimum atomic E-state index is -2.91. The largest absolute Gasteiger partial charge is 0.396 e. The van der Waals surface area contributed by atoms with Crippen LogP contribution in [0.3, 0.4) is 0 Å². The molecule has 0 bridgehead atoms. The van der Waals surface area contributed by atoms with Crippen molar-refractivity contribution in [2.75, 3.05) is 32.1 Å². The van der Waals surface area contributed by atoms with Crippen LogP contribution in [0.5, 0.6) is 0 Å². The highest BCUT2D eigenvalue weighted by Gasteiger charge is 2.31. The molecule has 6 heteroatoms. The van der Waals surface area contributed by atoms with Gasteiger partial charge in [-0.05, 0) is 12.8 Å². The molecule has 0 radical (unpaired) electrons. The molecule has 1 rings (SSSR count).